The van der Waals surface area contributed by atoms with Crippen LogP contribution in [-0.2, 0) is 22.6 Å². The monoisotopic (exact) mass is 718 g/mol. The Morgan fingerprint density at radius 3 is 2.30 bits per heavy atom. The fourth-order valence-electron chi connectivity index (χ4n) is 7.36. The van der Waals surface area contributed by atoms with Crippen molar-refractivity contribution in [3.63, 3.8) is 0 Å². The normalized spacial score (nSPS) is 16.8. The first-order valence-electron chi connectivity index (χ1n) is 18.8. The Bertz CT molecular complexity index is 1930. The molecule has 1 aromatic heterocycles. The van der Waals surface area contributed by atoms with Crippen molar-refractivity contribution in [1.29, 1.82) is 0 Å². The highest BCUT2D eigenvalue weighted by atomic mass is 16.3. The number of aryl methyl sites for hydroxylation is 1. The molecule has 0 spiro atoms. The minimum atomic E-state index is -0.455. The van der Waals surface area contributed by atoms with E-state index in [1.54, 1.807) is 38.7 Å². The van der Waals surface area contributed by atoms with Crippen molar-refractivity contribution in [3.8, 4) is 5.69 Å². The summed E-state index contributed by atoms with van der Waals surface area (Å²) < 4.78 is 1.61. The van der Waals surface area contributed by atoms with Gasteiger partial charge in [0.2, 0.25) is 11.8 Å². The van der Waals surface area contributed by atoms with Gasteiger partial charge in [0.25, 0.3) is 11.8 Å². The number of unbranched alkanes of at least 4 members (excludes halogenated alkanes) is 2. The van der Waals surface area contributed by atoms with Crippen LogP contribution in [-0.4, -0.2) is 92.0 Å². The zero-order valence-corrected chi connectivity index (χ0v) is 31.0. The standard InChI is InChI=1S/C42H50N6O5/c1-4-6-19-45(20-7-5-2)42(53)37-21-29(3)48(44-37)38-18-17-34(43-39(50)27-46-25-33(23-40(46)51)30-13-9-8-10-14-30)24-36(38)41(52)47-26-32-16-12-11-15-31(32)22-35(47)28-49/h8-18,21,24,33,35,49H,4-7,19-20,22-23,25-28H2,1-3H3,(H,43,50). The van der Waals surface area contributed by atoms with Crippen molar-refractivity contribution in [3.05, 3.63) is 113 Å². The molecule has 0 aliphatic carbocycles. The van der Waals surface area contributed by atoms with Crippen molar-refractivity contribution in [2.24, 2.45) is 0 Å². The second-order valence-corrected chi connectivity index (χ2v) is 14.2. The molecule has 2 aliphatic rings. The van der Waals surface area contributed by atoms with Gasteiger partial charge in [-0.1, -0.05) is 81.3 Å². The minimum Gasteiger partial charge on any atom is -0.394 e. The van der Waals surface area contributed by atoms with Crippen molar-refractivity contribution in [2.75, 3.05) is 38.1 Å². The van der Waals surface area contributed by atoms with E-state index in [-0.39, 0.29) is 48.3 Å². The number of aromatic nitrogens is 2. The van der Waals surface area contributed by atoms with E-state index in [0.717, 1.165) is 42.4 Å². The summed E-state index contributed by atoms with van der Waals surface area (Å²) in [4.78, 5) is 59.7. The van der Waals surface area contributed by atoms with E-state index in [4.69, 9.17) is 5.10 Å². The van der Waals surface area contributed by atoms with E-state index in [9.17, 15) is 24.3 Å². The molecule has 11 heteroatoms. The Morgan fingerprint density at radius 1 is 0.906 bits per heavy atom. The molecule has 2 unspecified atom stereocenters. The first kappa shape index (κ1) is 37.5. The lowest BCUT2D eigenvalue weighted by Gasteiger charge is -2.36. The maximum atomic E-state index is 14.6. The van der Waals surface area contributed by atoms with Gasteiger partial charge in [0.05, 0.1) is 30.4 Å². The fourth-order valence-corrected chi connectivity index (χ4v) is 7.36. The lowest BCUT2D eigenvalue weighted by atomic mass is 9.93. The molecular weight excluding hydrogens is 668 g/mol. The quantitative estimate of drug-likeness (QED) is 0.171. The van der Waals surface area contributed by atoms with Gasteiger partial charge in [-0.05, 0) is 67.1 Å². The van der Waals surface area contributed by atoms with Crippen LogP contribution in [0, 0.1) is 6.92 Å². The van der Waals surface area contributed by atoms with Gasteiger partial charge in [-0.25, -0.2) is 4.68 Å². The third-order valence-corrected chi connectivity index (χ3v) is 10.3. The van der Waals surface area contributed by atoms with E-state index >= 15 is 0 Å². The highest BCUT2D eigenvalue weighted by molar-refractivity contribution is 6.01. The number of nitrogens with one attached hydrogen (secondary N) is 1. The van der Waals surface area contributed by atoms with E-state index < -0.39 is 6.04 Å². The number of carbonyl (C=O) groups is 4. The fraction of sp³-hybridized carbons (Fsp3) is 0.405. The zero-order valence-electron chi connectivity index (χ0n) is 31.0. The highest BCUT2D eigenvalue weighted by Crippen LogP contribution is 2.30. The van der Waals surface area contributed by atoms with Gasteiger partial charge in [0, 0.05) is 49.9 Å². The maximum Gasteiger partial charge on any atom is 0.274 e. The maximum absolute atomic E-state index is 14.6. The van der Waals surface area contributed by atoms with E-state index in [1.807, 2.05) is 66.4 Å². The Kier molecular flexibility index (Phi) is 12.0. The van der Waals surface area contributed by atoms with Gasteiger partial charge in [-0.15, -0.1) is 0 Å². The van der Waals surface area contributed by atoms with Gasteiger partial charge in [0.15, 0.2) is 5.69 Å². The molecule has 2 aliphatic heterocycles. The van der Waals surface area contributed by atoms with Crippen molar-refractivity contribution < 1.29 is 24.3 Å². The molecule has 4 amide bonds. The summed E-state index contributed by atoms with van der Waals surface area (Å²) in [5.74, 6) is -0.915. The molecule has 3 heterocycles. The van der Waals surface area contributed by atoms with Crippen LogP contribution >= 0.6 is 0 Å². The van der Waals surface area contributed by atoms with Crippen molar-refractivity contribution >= 4 is 29.3 Å². The molecule has 278 valence electrons. The zero-order chi connectivity index (χ0) is 37.5. The van der Waals surface area contributed by atoms with Crippen molar-refractivity contribution in [2.45, 2.75) is 77.8 Å². The lowest BCUT2D eigenvalue weighted by Crippen LogP contribution is -2.46. The van der Waals surface area contributed by atoms with Gasteiger partial charge >= 0.3 is 0 Å². The topological polar surface area (TPSA) is 128 Å². The average molecular weight is 719 g/mol. The van der Waals surface area contributed by atoms with E-state index in [2.05, 4.69) is 19.2 Å². The second kappa shape index (κ2) is 17.0. The predicted molar refractivity (Wildman–Crippen MR) is 204 cm³/mol. The summed E-state index contributed by atoms with van der Waals surface area (Å²) in [5.41, 5.74) is 5.24. The van der Waals surface area contributed by atoms with Gasteiger partial charge in [-0.2, -0.15) is 5.10 Å². The molecule has 0 bridgehead atoms. The number of hydrogen-bond acceptors (Lipinski definition) is 6. The van der Waals surface area contributed by atoms with Crippen LogP contribution in [0.2, 0.25) is 0 Å². The Labute approximate surface area is 311 Å². The molecule has 1 saturated heterocycles. The Balaban J connectivity index is 1.30. The number of carbonyl (C=O) groups excluding carboxylic acids is 4. The van der Waals surface area contributed by atoms with Gasteiger partial charge < -0.3 is 25.1 Å². The summed E-state index contributed by atoms with van der Waals surface area (Å²) in [5, 5.41) is 18.1. The highest BCUT2D eigenvalue weighted by Gasteiger charge is 2.34. The summed E-state index contributed by atoms with van der Waals surface area (Å²) in [6, 6.07) is 24.1. The van der Waals surface area contributed by atoms with Crippen LogP contribution < -0.4 is 5.32 Å². The number of hydrogen-bond donors (Lipinski definition) is 2. The van der Waals surface area contributed by atoms with E-state index in [0.29, 0.717) is 61.8 Å². The number of anilines is 1. The van der Waals surface area contributed by atoms with E-state index in [1.165, 1.54) is 0 Å². The van der Waals surface area contributed by atoms with Gasteiger partial charge in [0.1, 0.15) is 0 Å². The average Bonchev–Trinajstić information content (AvgIpc) is 3.75. The minimum absolute atomic E-state index is 0.0219. The smallest absolute Gasteiger partial charge is 0.274 e. The summed E-state index contributed by atoms with van der Waals surface area (Å²) in [6.45, 7) is 7.77. The molecule has 11 nitrogen and oxygen atoms in total. The number of nitrogens with zero attached hydrogens (tertiary/aromatic N) is 5. The van der Waals surface area contributed by atoms with Crippen molar-refractivity contribution in [1.82, 2.24) is 24.5 Å². The van der Waals surface area contributed by atoms with Crippen LogP contribution in [0.3, 0.4) is 0 Å². The SMILES string of the molecule is CCCCN(CCCC)C(=O)c1cc(C)n(-c2ccc(NC(=O)CN3CC(c4ccccc4)CC3=O)cc2C(=O)N2Cc3ccccc3CC2CO)n1. The summed E-state index contributed by atoms with van der Waals surface area (Å²) in [6.07, 6.45) is 4.57. The molecule has 0 radical (unpaired) electrons. The Hall–Kier alpha value is -5.29. The summed E-state index contributed by atoms with van der Waals surface area (Å²) >= 11 is 0. The number of fused-ring (bicyclic) bond motifs is 1. The number of benzene rings is 3. The molecule has 4 aromatic rings. The van der Waals surface area contributed by atoms with Crippen LogP contribution in [0.4, 0.5) is 5.69 Å². The second-order valence-electron chi connectivity index (χ2n) is 14.2. The number of likely N-dealkylation sites (tertiary alicyclic amines) is 1. The first-order valence-corrected chi connectivity index (χ1v) is 18.8. The molecule has 6 rings (SSSR count). The molecule has 2 atom stereocenters. The van der Waals surface area contributed by atoms with Gasteiger partial charge in [-0.3, -0.25) is 19.2 Å². The predicted octanol–water partition coefficient (Wildman–Crippen LogP) is 5.74. The van der Waals surface area contributed by atoms with Crippen LogP contribution in [0.15, 0.2) is 78.9 Å². The lowest BCUT2D eigenvalue weighted by molar-refractivity contribution is -0.131. The van der Waals surface area contributed by atoms with Crippen LogP contribution in [0.5, 0.6) is 0 Å². The number of amides is 4. The molecule has 1 fully saturated rings. The summed E-state index contributed by atoms with van der Waals surface area (Å²) in [7, 11) is 0. The molecular formula is C42H50N6O5. The third kappa shape index (κ3) is 8.52. The number of aliphatic hydroxyl groups is 1. The molecule has 3 aromatic carbocycles. The molecule has 2 N–H and O–H groups in total. The number of aliphatic hydroxyl groups excluding tert-OH is 1. The third-order valence-electron chi connectivity index (χ3n) is 10.3. The first-order chi connectivity index (χ1) is 25.7. The van der Waals surface area contributed by atoms with Crippen LogP contribution in [0.25, 0.3) is 5.69 Å². The number of rotatable bonds is 14. The molecule has 53 heavy (non-hydrogen) atoms. The molecule has 0 saturated carbocycles. The van der Waals surface area contributed by atoms with Crippen LogP contribution in [0.1, 0.15) is 95.1 Å². The Morgan fingerprint density at radius 2 is 1.60 bits per heavy atom. The largest absolute Gasteiger partial charge is 0.394 e.